The predicted octanol–water partition coefficient (Wildman–Crippen LogP) is 3.86. The Bertz CT molecular complexity index is 974. The van der Waals surface area contributed by atoms with Gasteiger partial charge in [0.1, 0.15) is 4.83 Å². The summed E-state index contributed by atoms with van der Waals surface area (Å²) < 4.78 is 6.96. The zero-order valence-corrected chi connectivity index (χ0v) is 19.7. The molecule has 1 saturated heterocycles. The predicted molar refractivity (Wildman–Crippen MR) is 123 cm³/mol. The minimum Gasteiger partial charge on any atom is -0.383 e. The molecule has 2 aliphatic rings. The second kappa shape index (κ2) is 9.40. The van der Waals surface area contributed by atoms with E-state index in [0.29, 0.717) is 24.1 Å². The van der Waals surface area contributed by atoms with Crippen molar-refractivity contribution in [1.29, 1.82) is 0 Å². The Morgan fingerprint density at radius 3 is 2.67 bits per heavy atom. The lowest BCUT2D eigenvalue weighted by molar-refractivity contribution is -0.134. The van der Waals surface area contributed by atoms with Crippen molar-refractivity contribution in [3.05, 3.63) is 20.8 Å². The fourth-order valence-electron chi connectivity index (χ4n) is 4.82. The van der Waals surface area contributed by atoms with Crippen molar-refractivity contribution in [1.82, 2.24) is 14.5 Å². The average molecular weight is 450 g/mol. The van der Waals surface area contributed by atoms with Crippen LogP contribution in [0.2, 0.25) is 0 Å². The molecule has 0 aromatic carbocycles. The Kier molecular flexibility index (Phi) is 6.85. The van der Waals surface area contributed by atoms with Gasteiger partial charge in [0.25, 0.3) is 5.56 Å². The monoisotopic (exact) mass is 449 g/mol. The Morgan fingerprint density at radius 2 is 1.93 bits per heavy atom. The average Bonchev–Trinajstić information content (AvgIpc) is 3.10. The van der Waals surface area contributed by atoms with Gasteiger partial charge < -0.3 is 9.64 Å². The number of piperidine rings is 1. The van der Waals surface area contributed by atoms with Crippen molar-refractivity contribution >= 4 is 39.2 Å². The molecular formula is C22H31N3O3S2. The van der Waals surface area contributed by atoms with Crippen LogP contribution in [-0.2, 0) is 28.9 Å². The molecule has 0 saturated carbocycles. The Morgan fingerprint density at radius 1 is 1.20 bits per heavy atom. The van der Waals surface area contributed by atoms with Gasteiger partial charge in [-0.1, -0.05) is 11.8 Å². The smallest absolute Gasteiger partial charge is 0.263 e. The lowest BCUT2D eigenvalue weighted by Gasteiger charge is -2.39. The minimum absolute atomic E-state index is 0.0195. The summed E-state index contributed by atoms with van der Waals surface area (Å²) >= 11 is 3.05. The molecular weight excluding hydrogens is 418 g/mol. The van der Waals surface area contributed by atoms with E-state index in [4.69, 9.17) is 9.72 Å². The summed E-state index contributed by atoms with van der Waals surface area (Å²) in [6.45, 7) is 5.16. The van der Waals surface area contributed by atoms with E-state index in [1.807, 2.05) is 4.90 Å². The normalized spacial score (nSPS) is 21.8. The lowest BCUT2D eigenvalue weighted by atomic mass is 9.97. The Balaban J connectivity index is 1.63. The first-order chi connectivity index (χ1) is 14.5. The number of hydrogen-bond donors (Lipinski definition) is 0. The summed E-state index contributed by atoms with van der Waals surface area (Å²) in [4.78, 5) is 35.4. The molecule has 30 heavy (non-hydrogen) atoms. The number of likely N-dealkylation sites (tertiary alicyclic amines) is 1. The van der Waals surface area contributed by atoms with Gasteiger partial charge in [0, 0.05) is 24.1 Å². The van der Waals surface area contributed by atoms with Crippen molar-refractivity contribution in [2.24, 2.45) is 0 Å². The number of carbonyl (C=O) groups is 1. The first-order valence-corrected chi connectivity index (χ1v) is 12.8. The fourth-order valence-corrected chi connectivity index (χ4v) is 7.02. The van der Waals surface area contributed by atoms with Crippen LogP contribution in [-0.4, -0.2) is 51.9 Å². The molecule has 2 aromatic heterocycles. The van der Waals surface area contributed by atoms with Crippen LogP contribution in [0.25, 0.3) is 10.2 Å². The van der Waals surface area contributed by atoms with Crippen molar-refractivity contribution < 1.29 is 9.53 Å². The molecule has 0 spiro atoms. The van der Waals surface area contributed by atoms with Crippen LogP contribution < -0.4 is 5.56 Å². The van der Waals surface area contributed by atoms with Gasteiger partial charge in [-0.15, -0.1) is 11.3 Å². The highest BCUT2D eigenvalue weighted by atomic mass is 32.2. The first kappa shape index (κ1) is 21.8. The third-order valence-corrected chi connectivity index (χ3v) is 8.51. The molecule has 3 heterocycles. The number of rotatable bonds is 6. The lowest BCUT2D eigenvalue weighted by Crippen LogP contribution is -2.48. The quantitative estimate of drug-likeness (QED) is 0.495. The zero-order valence-electron chi connectivity index (χ0n) is 18.1. The first-order valence-electron chi connectivity index (χ1n) is 11.0. The van der Waals surface area contributed by atoms with Crippen molar-refractivity contribution in [2.45, 2.75) is 82.6 Å². The third kappa shape index (κ3) is 4.18. The van der Waals surface area contributed by atoms with Crippen LogP contribution in [0.15, 0.2) is 9.95 Å². The standard InChI is InChI=1S/C22H31N3O3S2/c1-14-7-6-8-15(2)25(14)18(26)13-29-22-23-20-19(21(27)24(22)11-12-28-3)16-9-4-5-10-17(16)30-20/h14-15H,4-13H2,1-3H3/t14-,15+. The largest absolute Gasteiger partial charge is 0.383 e. The van der Waals surface area contributed by atoms with Gasteiger partial charge in [0.15, 0.2) is 5.16 Å². The maximum absolute atomic E-state index is 13.4. The molecule has 0 bridgehead atoms. The number of methoxy groups -OCH3 is 1. The molecule has 2 aromatic rings. The number of carbonyl (C=O) groups excluding carboxylic acids is 1. The number of nitrogens with zero attached hydrogens (tertiary/aromatic N) is 3. The van der Waals surface area contributed by atoms with E-state index in [-0.39, 0.29) is 23.6 Å². The number of aryl methyl sites for hydroxylation is 2. The highest BCUT2D eigenvalue weighted by Crippen LogP contribution is 2.35. The Hall–Kier alpha value is -1.38. The molecule has 4 rings (SSSR count). The molecule has 164 valence electrons. The van der Waals surface area contributed by atoms with Crippen LogP contribution >= 0.6 is 23.1 Å². The number of amides is 1. The van der Waals surface area contributed by atoms with E-state index in [1.54, 1.807) is 23.0 Å². The maximum Gasteiger partial charge on any atom is 0.263 e. The number of ether oxygens (including phenoxy) is 1. The van der Waals surface area contributed by atoms with E-state index in [9.17, 15) is 9.59 Å². The van der Waals surface area contributed by atoms with Crippen LogP contribution in [0, 0.1) is 0 Å². The number of thiophene rings is 1. The topological polar surface area (TPSA) is 64.4 Å². The van der Waals surface area contributed by atoms with Gasteiger partial charge in [0.05, 0.1) is 24.3 Å². The highest BCUT2D eigenvalue weighted by molar-refractivity contribution is 7.99. The molecule has 0 unspecified atom stereocenters. The molecule has 0 N–H and O–H groups in total. The zero-order chi connectivity index (χ0) is 21.3. The minimum atomic E-state index is 0.0195. The van der Waals surface area contributed by atoms with Crippen LogP contribution in [0.1, 0.15) is 56.4 Å². The second-order valence-corrected chi connectivity index (χ2v) is 10.5. The second-order valence-electron chi connectivity index (χ2n) is 8.45. The van der Waals surface area contributed by atoms with E-state index < -0.39 is 0 Å². The van der Waals surface area contributed by atoms with Crippen LogP contribution in [0.4, 0.5) is 0 Å². The van der Waals surface area contributed by atoms with Gasteiger partial charge >= 0.3 is 0 Å². The SMILES string of the molecule is COCCn1c(SCC(=O)N2[C@H](C)CCC[C@@H]2C)nc2sc3c(c2c1=O)CCCC3. The van der Waals surface area contributed by atoms with Gasteiger partial charge in [-0.2, -0.15) is 0 Å². The molecule has 0 radical (unpaired) electrons. The number of thioether (sulfide) groups is 1. The molecule has 1 aliphatic heterocycles. The van der Waals surface area contributed by atoms with Crippen molar-refractivity contribution in [3.63, 3.8) is 0 Å². The maximum atomic E-state index is 13.4. The summed E-state index contributed by atoms with van der Waals surface area (Å²) in [5, 5.41) is 1.42. The summed E-state index contributed by atoms with van der Waals surface area (Å²) in [5.74, 6) is 0.447. The fraction of sp³-hybridized carbons (Fsp3) is 0.682. The van der Waals surface area contributed by atoms with E-state index in [1.165, 1.54) is 35.0 Å². The molecule has 6 nitrogen and oxygen atoms in total. The highest BCUT2D eigenvalue weighted by Gasteiger charge is 2.29. The van der Waals surface area contributed by atoms with Gasteiger partial charge in [-0.25, -0.2) is 4.98 Å². The number of hydrogen-bond acceptors (Lipinski definition) is 6. The van der Waals surface area contributed by atoms with E-state index in [2.05, 4.69) is 13.8 Å². The summed E-state index contributed by atoms with van der Waals surface area (Å²) in [6.07, 6.45) is 7.62. The Labute approximate surface area is 186 Å². The van der Waals surface area contributed by atoms with Gasteiger partial charge in [-0.3, -0.25) is 14.2 Å². The summed E-state index contributed by atoms with van der Waals surface area (Å²) in [7, 11) is 1.64. The summed E-state index contributed by atoms with van der Waals surface area (Å²) in [5.41, 5.74) is 1.22. The van der Waals surface area contributed by atoms with E-state index >= 15 is 0 Å². The molecule has 1 aliphatic carbocycles. The molecule has 8 heteroatoms. The van der Waals surface area contributed by atoms with Crippen LogP contribution in [0.5, 0.6) is 0 Å². The number of fused-ring (bicyclic) bond motifs is 3. The van der Waals surface area contributed by atoms with Gasteiger partial charge in [0.2, 0.25) is 5.91 Å². The molecule has 2 atom stereocenters. The van der Waals surface area contributed by atoms with E-state index in [0.717, 1.165) is 42.3 Å². The van der Waals surface area contributed by atoms with Crippen molar-refractivity contribution in [2.75, 3.05) is 19.5 Å². The molecule has 1 fully saturated rings. The molecule has 1 amide bonds. The van der Waals surface area contributed by atoms with Gasteiger partial charge in [-0.05, 0) is 64.4 Å². The third-order valence-electron chi connectivity index (χ3n) is 6.37. The van der Waals surface area contributed by atoms with Crippen molar-refractivity contribution in [3.8, 4) is 0 Å². The number of aromatic nitrogens is 2. The summed E-state index contributed by atoms with van der Waals surface area (Å²) in [6, 6.07) is 0.550. The van der Waals surface area contributed by atoms with Crippen LogP contribution in [0.3, 0.4) is 0 Å².